The smallest absolute Gasteiger partial charge is 0.285 e. The Balaban J connectivity index is 1.91. The van der Waals surface area contributed by atoms with Crippen molar-refractivity contribution in [2.45, 2.75) is 18.5 Å². The Morgan fingerprint density at radius 1 is 1.38 bits per heavy atom. The molecule has 0 unspecified atom stereocenters. The molecule has 9 heteroatoms. The molecule has 2 aromatic heterocycles. The fourth-order valence-corrected chi connectivity index (χ4v) is 4.43. The van der Waals surface area contributed by atoms with E-state index in [1.54, 1.807) is 12.3 Å². The van der Waals surface area contributed by atoms with E-state index in [9.17, 15) is 13.2 Å². The predicted octanol–water partition coefficient (Wildman–Crippen LogP) is 1.31. The van der Waals surface area contributed by atoms with E-state index in [1.165, 1.54) is 23.6 Å². The Bertz CT molecular complexity index is 800. The molecule has 1 amide bonds. The first-order chi connectivity index (χ1) is 10.0. The van der Waals surface area contributed by atoms with E-state index in [2.05, 4.69) is 15.3 Å². The second kappa shape index (κ2) is 5.08. The third-order valence-electron chi connectivity index (χ3n) is 2.94. The van der Waals surface area contributed by atoms with Gasteiger partial charge in [0.2, 0.25) is 0 Å². The molecule has 0 aliphatic carbocycles. The van der Waals surface area contributed by atoms with Crippen LogP contribution in [0, 0.1) is 0 Å². The van der Waals surface area contributed by atoms with E-state index in [-0.39, 0.29) is 17.1 Å². The van der Waals surface area contributed by atoms with Gasteiger partial charge in [-0.2, -0.15) is 8.42 Å². The molecule has 0 saturated heterocycles. The molecule has 0 saturated carbocycles. The van der Waals surface area contributed by atoms with E-state index in [1.807, 2.05) is 6.92 Å². The zero-order valence-electron chi connectivity index (χ0n) is 11.1. The van der Waals surface area contributed by atoms with Crippen molar-refractivity contribution in [2.75, 3.05) is 11.9 Å². The van der Waals surface area contributed by atoms with Crippen LogP contribution in [0.5, 0.6) is 0 Å². The third-order valence-corrected chi connectivity index (χ3v) is 5.57. The van der Waals surface area contributed by atoms with Gasteiger partial charge in [-0.3, -0.25) is 4.79 Å². The average molecular weight is 324 g/mol. The van der Waals surface area contributed by atoms with E-state index in [4.69, 9.17) is 0 Å². The molecule has 110 valence electrons. The maximum Gasteiger partial charge on any atom is 0.285 e. The highest BCUT2D eigenvalue weighted by molar-refractivity contribution is 7.90. The Morgan fingerprint density at radius 3 is 2.90 bits per heavy atom. The molecule has 0 spiro atoms. The van der Waals surface area contributed by atoms with Crippen molar-refractivity contribution in [3.63, 3.8) is 0 Å². The normalized spacial score (nSPS) is 16.0. The Kier molecular flexibility index (Phi) is 3.38. The molecule has 0 fully saturated rings. The van der Waals surface area contributed by atoms with Gasteiger partial charge in [0.15, 0.2) is 10.2 Å². The summed E-state index contributed by atoms with van der Waals surface area (Å²) in [5.41, 5.74) is 0.119. The lowest BCUT2D eigenvalue weighted by Gasteiger charge is -2.12. The summed E-state index contributed by atoms with van der Waals surface area (Å²) in [6.45, 7) is 2.64. The molecular formula is C12H12N4O3S2. The van der Waals surface area contributed by atoms with Crippen LogP contribution in [-0.4, -0.2) is 35.1 Å². The van der Waals surface area contributed by atoms with Crippen LogP contribution in [0.25, 0.3) is 0 Å². The zero-order valence-corrected chi connectivity index (χ0v) is 12.7. The number of anilines is 1. The number of carbonyl (C=O) groups excluding carboxylic acids is 1. The highest BCUT2D eigenvalue weighted by atomic mass is 32.2. The van der Waals surface area contributed by atoms with Gasteiger partial charge >= 0.3 is 0 Å². The molecule has 0 atom stereocenters. The zero-order chi connectivity index (χ0) is 15.0. The van der Waals surface area contributed by atoms with Gasteiger partial charge in [0.25, 0.3) is 15.9 Å². The van der Waals surface area contributed by atoms with Crippen LogP contribution in [0.3, 0.4) is 0 Å². The van der Waals surface area contributed by atoms with Crippen molar-refractivity contribution >= 4 is 32.4 Å². The van der Waals surface area contributed by atoms with Gasteiger partial charge < -0.3 is 5.32 Å². The number of aromatic nitrogens is 2. The first-order valence-electron chi connectivity index (χ1n) is 6.24. The number of fused-ring (bicyclic) bond motifs is 1. The molecule has 1 N–H and O–H groups in total. The number of amides is 1. The lowest BCUT2D eigenvalue weighted by molar-refractivity contribution is 0.0865. The SMILES string of the molecule is CCNc1ncc(CN2C(=O)c3cccnc3S2(=O)=O)s1. The summed E-state index contributed by atoms with van der Waals surface area (Å²) in [4.78, 5) is 20.9. The molecule has 0 radical (unpaired) electrons. The van der Waals surface area contributed by atoms with Crippen LogP contribution in [0.4, 0.5) is 5.13 Å². The molecule has 1 aliphatic rings. The maximum atomic E-state index is 12.3. The summed E-state index contributed by atoms with van der Waals surface area (Å²) in [7, 11) is -3.87. The number of rotatable bonds is 4. The van der Waals surface area contributed by atoms with Crippen LogP contribution >= 0.6 is 11.3 Å². The van der Waals surface area contributed by atoms with Crippen molar-refractivity contribution in [3.05, 3.63) is 35.0 Å². The molecule has 21 heavy (non-hydrogen) atoms. The quantitative estimate of drug-likeness (QED) is 0.912. The minimum atomic E-state index is -3.87. The molecule has 1 aliphatic heterocycles. The Labute approximate surface area is 125 Å². The van der Waals surface area contributed by atoms with Crippen LogP contribution in [0.1, 0.15) is 22.2 Å². The highest BCUT2D eigenvalue weighted by Gasteiger charge is 2.42. The number of thiazole rings is 1. The van der Waals surface area contributed by atoms with Gasteiger partial charge in [-0.1, -0.05) is 0 Å². The second-order valence-electron chi connectivity index (χ2n) is 4.34. The summed E-state index contributed by atoms with van der Waals surface area (Å²) in [5, 5.41) is 3.57. The van der Waals surface area contributed by atoms with E-state index in [0.717, 1.165) is 10.8 Å². The molecule has 0 bridgehead atoms. The molecule has 0 aromatic carbocycles. The number of nitrogens with one attached hydrogen (secondary N) is 1. The van der Waals surface area contributed by atoms with Gasteiger partial charge in [0, 0.05) is 23.8 Å². The number of sulfonamides is 1. The molecule has 3 heterocycles. The summed E-state index contributed by atoms with van der Waals surface area (Å²) in [6.07, 6.45) is 2.94. The Morgan fingerprint density at radius 2 is 2.19 bits per heavy atom. The van der Waals surface area contributed by atoms with Crippen LogP contribution in [-0.2, 0) is 16.6 Å². The molecule has 7 nitrogen and oxygen atoms in total. The van der Waals surface area contributed by atoms with E-state index >= 15 is 0 Å². The third kappa shape index (κ3) is 2.28. The topological polar surface area (TPSA) is 92.3 Å². The highest BCUT2D eigenvalue weighted by Crippen LogP contribution is 2.31. The number of hydrogen-bond acceptors (Lipinski definition) is 7. The summed E-state index contributed by atoms with van der Waals surface area (Å²) in [5.74, 6) is -0.545. The molecule has 3 rings (SSSR count). The van der Waals surface area contributed by atoms with Gasteiger partial charge in [-0.25, -0.2) is 14.3 Å². The largest absolute Gasteiger partial charge is 0.362 e. The van der Waals surface area contributed by atoms with Crippen molar-refractivity contribution < 1.29 is 13.2 Å². The first kappa shape index (κ1) is 14.0. The summed E-state index contributed by atoms with van der Waals surface area (Å²) >= 11 is 1.32. The lowest BCUT2D eigenvalue weighted by atomic mass is 10.3. The predicted molar refractivity (Wildman–Crippen MR) is 77.6 cm³/mol. The number of pyridine rings is 1. The van der Waals surface area contributed by atoms with E-state index in [0.29, 0.717) is 10.0 Å². The lowest BCUT2D eigenvalue weighted by Crippen LogP contribution is -2.29. The van der Waals surface area contributed by atoms with Gasteiger partial charge in [0.1, 0.15) is 0 Å². The minimum Gasteiger partial charge on any atom is -0.362 e. The number of nitrogens with zero attached hydrogens (tertiary/aromatic N) is 3. The van der Waals surface area contributed by atoms with Gasteiger partial charge in [0.05, 0.1) is 12.1 Å². The monoisotopic (exact) mass is 324 g/mol. The van der Waals surface area contributed by atoms with E-state index < -0.39 is 15.9 Å². The number of hydrogen-bond donors (Lipinski definition) is 1. The van der Waals surface area contributed by atoms with Gasteiger partial charge in [-0.15, -0.1) is 11.3 Å². The Hall–Kier alpha value is -2.00. The van der Waals surface area contributed by atoms with Crippen LogP contribution < -0.4 is 5.32 Å². The van der Waals surface area contributed by atoms with Crippen LogP contribution in [0.15, 0.2) is 29.6 Å². The molecular weight excluding hydrogens is 312 g/mol. The first-order valence-corrected chi connectivity index (χ1v) is 8.50. The number of carbonyl (C=O) groups is 1. The van der Waals surface area contributed by atoms with Crippen molar-refractivity contribution in [2.24, 2.45) is 0 Å². The molecule has 2 aromatic rings. The minimum absolute atomic E-state index is 0.0272. The second-order valence-corrected chi connectivity index (χ2v) is 7.23. The standard InChI is InChI=1S/C12H12N4O3S2/c1-2-13-12-15-6-8(20-12)7-16-11(17)9-4-3-5-14-10(9)21(16,18)19/h3-6H,2,7H2,1H3,(H,13,15). The maximum absolute atomic E-state index is 12.3. The van der Waals surface area contributed by atoms with Crippen molar-refractivity contribution in [1.82, 2.24) is 14.3 Å². The summed E-state index contributed by atoms with van der Waals surface area (Å²) < 4.78 is 25.5. The van der Waals surface area contributed by atoms with Crippen molar-refractivity contribution in [1.29, 1.82) is 0 Å². The van der Waals surface area contributed by atoms with Gasteiger partial charge in [-0.05, 0) is 19.1 Å². The fraction of sp³-hybridized carbons (Fsp3) is 0.250. The van der Waals surface area contributed by atoms with Crippen molar-refractivity contribution in [3.8, 4) is 0 Å². The fourth-order valence-electron chi connectivity index (χ4n) is 2.02. The summed E-state index contributed by atoms with van der Waals surface area (Å²) in [6, 6.07) is 3.02. The van der Waals surface area contributed by atoms with Crippen LogP contribution in [0.2, 0.25) is 0 Å². The average Bonchev–Trinajstić information content (AvgIpc) is 2.98.